The van der Waals surface area contributed by atoms with Crippen molar-refractivity contribution in [2.24, 2.45) is 16.8 Å². The van der Waals surface area contributed by atoms with E-state index in [1.807, 2.05) is 35.6 Å². The van der Waals surface area contributed by atoms with Crippen molar-refractivity contribution in [2.45, 2.75) is 39.2 Å². The van der Waals surface area contributed by atoms with Crippen molar-refractivity contribution in [2.75, 3.05) is 39.5 Å². The Bertz CT molecular complexity index is 1020. The Balaban J connectivity index is 1.44. The highest BCUT2D eigenvalue weighted by molar-refractivity contribution is 6.36. The maximum Gasteiger partial charge on any atom is 0.281 e. The van der Waals surface area contributed by atoms with Gasteiger partial charge in [-0.3, -0.25) is 14.3 Å². The Morgan fingerprint density at radius 2 is 2.09 bits per heavy atom. The van der Waals surface area contributed by atoms with Gasteiger partial charge in [0.15, 0.2) is 0 Å². The van der Waals surface area contributed by atoms with Gasteiger partial charge in [-0.2, -0.15) is 5.10 Å². The Morgan fingerprint density at radius 1 is 1.28 bits per heavy atom. The predicted octanol–water partition coefficient (Wildman–Crippen LogP) is 2.67. The SMILES string of the molecule is CCOCC1CCN(C(=O)C2C=C3C(=NC(=O)c4cnn(C5CCOCC5)c43)C=C2C)C1. The van der Waals surface area contributed by atoms with Crippen LogP contribution in [0.5, 0.6) is 0 Å². The first-order valence-corrected chi connectivity index (χ1v) is 11.6. The quantitative estimate of drug-likeness (QED) is 0.706. The van der Waals surface area contributed by atoms with Crippen molar-refractivity contribution in [3.63, 3.8) is 0 Å². The number of rotatable bonds is 5. The molecule has 0 bridgehead atoms. The lowest BCUT2D eigenvalue weighted by molar-refractivity contribution is -0.132. The van der Waals surface area contributed by atoms with Crippen LogP contribution in [0, 0.1) is 11.8 Å². The number of nitrogens with zero attached hydrogens (tertiary/aromatic N) is 4. The van der Waals surface area contributed by atoms with Gasteiger partial charge in [0, 0.05) is 44.4 Å². The lowest BCUT2D eigenvalue weighted by Crippen LogP contribution is -2.36. The molecule has 1 aromatic rings. The molecule has 4 aliphatic rings. The lowest BCUT2D eigenvalue weighted by atomic mass is 9.84. The monoisotopic (exact) mass is 438 g/mol. The molecule has 2 fully saturated rings. The molecule has 2 unspecified atom stereocenters. The Hall–Kier alpha value is -2.58. The summed E-state index contributed by atoms with van der Waals surface area (Å²) < 4.78 is 13.0. The normalized spacial score (nSPS) is 25.8. The lowest BCUT2D eigenvalue weighted by Gasteiger charge is -2.29. The molecule has 3 aliphatic heterocycles. The number of allylic oxidation sites excluding steroid dienone is 2. The Morgan fingerprint density at radius 3 is 2.88 bits per heavy atom. The third-order valence-corrected chi connectivity index (χ3v) is 6.93. The molecular formula is C24H30N4O4. The highest BCUT2D eigenvalue weighted by Crippen LogP contribution is 2.37. The standard InChI is InChI=1S/C24H30N4O4/c1-3-31-14-16-4-7-27(13-16)24(30)18-11-19-21(10-15(18)2)26-23(29)20-12-25-28(22(19)20)17-5-8-32-9-6-17/h10-12,16-18H,3-9,13-14H2,1-2H3. The van der Waals surface area contributed by atoms with Crippen molar-refractivity contribution < 1.29 is 19.1 Å². The molecule has 4 heterocycles. The highest BCUT2D eigenvalue weighted by Gasteiger charge is 2.37. The second-order valence-corrected chi connectivity index (χ2v) is 9.04. The van der Waals surface area contributed by atoms with E-state index >= 15 is 0 Å². The molecule has 1 aromatic heterocycles. The van der Waals surface area contributed by atoms with Gasteiger partial charge in [0.2, 0.25) is 5.91 Å². The van der Waals surface area contributed by atoms with Crippen molar-refractivity contribution in [1.29, 1.82) is 0 Å². The largest absolute Gasteiger partial charge is 0.381 e. The number of aliphatic imine (C=N–C) groups is 1. The molecule has 32 heavy (non-hydrogen) atoms. The number of fused-ring (bicyclic) bond motifs is 3. The summed E-state index contributed by atoms with van der Waals surface area (Å²) in [4.78, 5) is 32.4. The number of ether oxygens (including phenoxy) is 2. The molecule has 0 spiro atoms. The van der Waals surface area contributed by atoms with Gasteiger partial charge in [-0.15, -0.1) is 0 Å². The maximum atomic E-state index is 13.5. The summed E-state index contributed by atoms with van der Waals surface area (Å²) in [5.41, 5.74) is 3.71. The van der Waals surface area contributed by atoms with Gasteiger partial charge in [-0.05, 0) is 39.2 Å². The highest BCUT2D eigenvalue weighted by atomic mass is 16.5. The average molecular weight is 439 g/mol. The smallest absolute Gasteiger partial charge is 0.281 e. The maximum absolute atomic E-state index is 13.5. The van der Waals surface area contributed by atoms with E-state index in [1.54, 1.807) is 6.20 Å². The zero-order chi connectivity index (χ0) is 22.2. The minimum atomic E-state index is -0.353. The van der Waals surface area contributed by atoms with E-state index in [4.69, 9.17) is 9.47 Å². The first-order valence-electron chi connectivity index (χ1n) is 11.6. The summed E-state index contributed by atoms with van der Waals surface area (Å²) in [6.45, 7) is 8.20. The Labute approximate surface area is 188 Å². The van der Waals surface area contributed by atoms with Crippen LogP contribution in [-0.4, -0.2) is 71.7 Å². The molecule has 8 heteroatoms. The number of carbonyl (C=O) groups is 2. The molecule has 0 radical (unpaired) electrons. The third-order valence-electron chi connectivity index (χ3n) is 6.93. The van der Waals surface area contributed by atoms with Crippen LogP contribution in [0.15, 0.2) is 28.9 Å². The molecule has 2 atom stereocenters. The first-order chi connectivity index (χ1) is 15.6. The van der Waals surface area contributed by atoms with Crippen LogP contribution in [0.4, 0.5) is 0 Å². The molecule has 0 aromatic carbocycles. The van der Waals surface area contributed by atoms with Gasteiger partial charge >= 0.3 is 0 Å². The van der Waals surface area contributed by atoms with Gasteiger partial charge in [-0.25, -0.2) is 4.99 Å². The van der Waals surface area contributed by atoms with E-state index in [9.17, 15) is 9.59 Å². The van der Waals surface area contributed by atoms with Crippen molar-refractivity contribution >= 4 is 23.1 Å². The average Bonchev–Trinajstić information content (AvgIpc) is 3.46. The number of carbonyl (C=O) groups excluding carboxylic acids is 2. The van der Waals surface area contributed by atoms with Crippen LogP contribution < -0.4 is 0 Å². The minimum Gasteiger partial charge on any atom is -0.381 e. The van der Waals surface area contributed by atoms with E-state index in [0.29, 0.717) is 43.6 Å². The molecule has 2 saturated heterocycles. The number of aromatic nitrogens is 2. The zero-order valence-corrected chi connectivity index (χ0v) is 18.7. The molecule has 0 saturated carbocycles. The molecule has 2 amide bonds. The topological polar surface area (TPSA) is 86.0 Å². The van der Waals surface area contributed by atoms with Crippen molar-refractivity contribution in [3.05, 3.63) is 35.2 Å². The minimum absolute atomic E-state index is 0.111. The van der Waals surface area contributed by atoms with Crippen LogP contribution in [0.3, 0.4) is 0 Å². The Kier molecular flexibility index (Phi) is 5.82. The van der Waals surface area contributed by atoms with Gasteiger partial charge in [0.25, 0.3) is 5.91 Å². The number of hydrogen-bond acceptors (Lipinski definition) is 5. The summed E-state index contributed by atoms with van der Waals surface area (Å²) in [5.74, 6) is -0.114. The zero-order valence-electron chi connectivity index (χ0n) is 18.7. The fourth-order valence-corrected chi connectivity index (χ4v) is 5.14. The molecule has 1 aliphatic carbocycles. The van der Waals surface area contributed by atoms with Crippen LogP contribution in [0.25, 0.3) is 5.57 Å². The molecule has 170 valence electrons. The number of amides is 2. The first kappa shape index (κ1) is 21.3. The van der Waals surface area contributed by atoms with Gasteiger partial charge < -0.3 is 14.4 Å². The second-order valence-electron chi connectivity index (χ2n) is 9.04. The summed E-state index contributed by atoms with van der Waals surface area (Å²) in [7, 11) is 0. The predicted molar refractivity (Wildman–Crippen MR) is 119 cm³/mol. The third kappa shape index (κ3) is 3.75. The second kappa shape index (κ2) is 8.75. The van der Waals surface area contributed by atoms with Gasteiger partial charge in [0.1, 0.15) is 0 Å². The van der Waals surface area contributed by atoms with E-state index < -0.39 is 0 Å². The molecule has 8 nitrogen and oxygen atoms in total. The summed E-state index contributed by atoms with van der Waals surface area (Å²) in [6.07, 6.45) is 8.19. The van der Waals surface area contributed by atoms with Gasteiger partial charge in [-0.1, -0.05) is 11.6 Å². The van der Waals surface area contributed by atoms with E-state index in [0.717, 1.165) is 49.2 Å². The number of hydrogen-bond donors (Lipinski definition) is 0. The molecular weight excluding hydrogens is 408 g/mol. The summed E-state index contributed by atoms with van der Waals surface area (Å²) >= 11 is 0. The fourth-order valence-electron chi connectivity index (χ4n) is 5.14. The van der Waals surface area contributed by atoms with Crippen molar-refractivity contribution in [3.8, 4) is 0 Å². The van der Waals surface area contributed by atoms with Crippen LogP contribution >= 0.6 is 0 Å². The van der Waals surface area contributed by atoms with Crippen LogP contribution in [0.2, 0.25) is 0 Å². The summed E-state index contributed by atoms with van der Waals surface area (Å²) in [6, 6.07) is 0.180. The molecule has 5 rings (SSSR count). The van der Waals surface area contributed by atoms with E-state index in [2.05, 4.69) is 10.1 Å². The fraction of sp³-hybridized carbons (Fsp3) is 0.583. The van der Waals surface area contributed by atoms with E-state index in [-0.39, 0.29) is 23.8 Å². The number of likely N-dealkylation sites (tertiary alicyclic amines) is 1. The van der Waals surface area contributed by atoms with Crippen LogP contribution in [0.1, 0.15) is 55.2 Å². The van der Waals surface area contributed by atoms with E-state index in [1.165, 1.54) is 0 Å². The van der Waals surface area contributed by atoms with Crippen LogP contribution in [-0.2, 0) is 14.3 Å². The molecule has 0 N–H and O–H groups in total. The summed E-state index contributed by atoms with van der Waals surface area (Å²) in [5, 5.41) is 4.56. The van der Waals surface area contributed by atoms with Gasteiger partial charge in [0.05, 0.1) is 41.7 Å². The van der Waals surface area contributed by atoms with Crippen molar-refractivity contribution in [1.82, 2.24) is 14.7 Å².